The van der Waals surface area contributed by atoms with Crippen molar-refractivity contribution in [1.29, 1.82) is 0 Å². The van der Waals surface area contributed by atoms with Crippen LogP contribution in [0.25, 0.3) is 0 Å². The predicted molar refractivity (Wildman–Crippen MR) is 99.1 cm³/mol. The monoisotopic (exact) mass is 357 g/mol. The third-order valence-corrected chi connectivity index (χ3v) is 4.82. The SMILES string of the molecule is COCCn1nc2c(c1C(=O)NCc1ccccc1C)C[C@H](C)O[C@@H]2C. The van der Waals surface area contributed by atoms with Gasteiger partial charge >= 0.3 is 0 Å². The Morgan fingerprint density at radius 1 is 1.38 bits per heavy atom. The number of rotatable bonds is 6. The van der Waals surface area contributed by atoms with Gasteiger partial charge in [-0.05, 0) is 31.9 Å². The summed E-state index contributed by atoms with van der Waals surface area (Å²) in [5, 5.41) is 7.71. The van der Waals surface area contributed by atoms with E-state index in [1.54, 1.807) is 11.8 Å². The lowest BCUT2D eigenvalue weighted by atomic mass is 9.99. The predicted octanol–water partition coefficient (Wildman–Crippen LogP) is 2.79. The maximum Gasteiger partial charge on any atom is 0.270 e. The number of carbonyl (C=O) groups excluding carboxylic acids is 1. The van der Waals surface area contributed by atoms with Gasteiger partial charge in [0, 0.05) is 25.6 Å². The lowest BCUT2D eigenvalue weighted by Crippen LogP contribution is -2.29. The van der Waals surface area contributed by atoms with Gasteiger partial charge in [0.15, 0.2) is 0 Å². The quantitative estimate of drug-likeness (QED) is 0.863. The van der Waals surface area contributed by atoms with Crippen LogP contribution in [0.5, 0.6) is 0 Å². The Morgan fingerprint density at radius 2 is 2.15 bits per heavy atom. The van der Waals surface area contributed by atoms with Gasteiger partial charge in [-0.1, -0.05) is 24.3 Å². The first-order valence-electron chi connectivity index (χ1n) is 9.08. The molecule has 6 heteroatoms. The van der Waals surface area contributed by atoms with E-state index >= 15 is 0 Å². The number of aromatic nitrogens is 2. The van der Waals surface area contributed by atoms with Crippen molar-refractivity contribution >= 4 is 5.91 Å². The lowest BCUT2D eigenvalue weighted by Gasteiger charge is -2.24. The molecule has 2 aromatic rings. The number of methoxy groups -OCH3 is 1. The molecule has 3 rings (SSSR count). The summed E-state index contributed by atoms with van der Waals surface area (Å²) in [5.41, 5.74) is 4.77. The number of ether oxygens (including phenoxy) is 2. The summed E-state index contributed by atoms with van der Waals surface area (Å²) in [6.07, 6.45) is 0.653. The van der Waals surface area contributed by atoms with Crippen LogP contribution in [0.1, 0.15) is 52.8 Å². The van der Waals surface area contributed by atoms with Crippen LogP contribution in [-0.4, -0.2) is 35.5 Å². The van der Waals surface area contributed by atoms with Crippen molar-refractivity contribution in [3.8, 4) is 0 Å². The molecule has 0 radical (unpaired) electrons. The number of carbonyl (C=O) groups is 1. The summed E-state index contributed by atoms with van der Waals surface area (Å²) in [7, 11) is 1.65. The second kappa shape index (κ2) is 8.01. The first-order chi connectivity index (χ1) is 12.5. The summed E-state index contributed by atoms with van der Waals surface area (Å²) in [6.45, 7) is 7.60. The van der Waals surface area contributed by atoms with Crippen LogP contribution in [-0.2, 0) is 29.0 Å². The van der Waals surface area contributed by atoms with E-state index in [4.69, 9.17) is 9.47 Å². The van der Waals surface area contributed by atoms with E-state index in [2.05, 4.69) is 10.4 Å². The number of hydrogen-bond acceptors (Lipinski definition) is 4. The van der Waals surface area contributed by atoms with Crippen molar-refractivity contribution in [1.82, 2.24) is 15.1 Å². The third-order valence-electron chi connectivity index (χ3n) is 4.82. The van der Waals surface area contributed by atoms with Crippen LogP contribution in [0.3, 0.4) is 0 Å². The molecule has 1 amide bonds. The molecule has 1 aromatic carbocycles. The van der Waals surface area contributed by atoms with Crippen molar-refractivity contribution < 1.29 is 14.3 Å². The van der Waals surface area contributed by atoms with Crippen molar-refractivity contribution in [3.05, 3.63) is 52.3 Å². The second-order valence-electron chi connectivity index (χ2n) is 6.83. The van der Waals surface area contributed by atoms with Crippen molar-refractivity contribution in [2.24, 2.45) is 0 Å². The second-order valence-corrected chi connectivity index (χ2v) is 6.83. The fourth-order valence-corrected chi connectivity index (χ4v) is 3.46. The largest absolute Gasteiger partial charge is 0.383 e. The van der Waals surface area contributed by atoms with Gasteiger partial charge in [-0.2, -0.15) is 5.10 Å². The number of aryl methyl sites for hydroxylation is 1. The average molecular weight is 357 g/mol. The highest BCUT2D eigenvalue weighted by atomic mass is 16.5. The van der Waals surface area contributed by atoms with Crippen LogP contribution in [0.2, 0.25) is 0 Å². The molecule has 140 valence electrons. The minimum atomic E-state index is -0.111. The molecule has 1 aromatic heterocycles. The number of benzene rings is 1. The maximum absolute atomic E-state index is 13.0. The van der Waals surface area contributed by atoms with Crippen LogP contribution in [0, 0.1) is 6.92 Å². The van der Waals surface area contributed by atoms with E-state index < -0.39 is 0 Å². The van der Waals surface area contributed by atoms with E-state index in [0.29, 0.717) is 31.8 Å². The highest BCUT2D eigenvalue weighted by molar-refractivity contribution is 5.94. The molecular weight excluding hydrogens is 330 g/mol. The molecule has 0 saturated heterocycles. The minimum absolute atomic E-state index is 0.0699. The molecule has 1 aliphatic heterocycles. The molecule has 6 nitrogen and oxygen atoms in total. The molecule has 0 aliphatic carbocycles. The van der Waals surface area contributed by atoms with E-state index in [1.165, 1.54) is 5.56 Å². The molecule has 0 bridgehead atoms. The van der Waals surface area contributed by atoms with Gasteiger partial charge in [0.2, 0.25) is 0 Å². The van der Waals surface area contributed by atoms with Crippen molar-refractivity contribution in [3.63, 3.8) is 0 Å². The Hall–Kier alpha value is -2.18. The standard InChI is InChI=1S/C20H27N3O3/c1-13-7-5-6-8-16(13)12-21-20(24)19-17-11-14(2)26-15(3)18(17)22-23(19)9-10-25-4/h5-8,14-15H,9-12H2,1-4H3,(H,21,24)/t14-,15+/m0/s1. The van der Waals surface area contributed by atoms with E-state index in [-0.39, 0.29) is 18.1 Å². The number of fused-ring (bicyclic) bond motifs is 1. The Labute approximate surface area is 154 Å². The van der Waals surface area contributed by atoms with Crippen LogP contribution in [0.4, 0.5) is 0 Å². The average Bonchev–Trinajstić information content (AvgIpc) is 2.97. The van der Waals surface area contributed by atoms with Gasteiger partial charge < -0.3 is 14.8 Å². The molecule has 2 heterocycles. The molecular formula is C20H27N3O3. The van der Waals surface area contributed by atoms with Gasteiger partial charge in [-0.3, -0.25) is 9.48 Å². The zero-order valence-corrected chi connectivity index (χ0v) is 15.9. The number of nitrogens with one attached hydrogen (secondary N) is 1. The summed E-state index contributed by atoms with van der Waals surface area (Å²) >= 11 is 0. The molecule has 0 fully saturated rings. The third kappa shape index (κ3) is 3.81. The Kier molecular flexibility index (Phi) is 5.74. The molecule has 0 unspecified atom stereocenters. The van der Waals surface area contributed by atoms with Gasteiger partial charge in [0.05, 0.1) is 31.1 Å². The highest BCUT2D eigenvalue weighted by Gasteiger charge is 2.32. The van der Waals surface area contributed by atoms with E-state index in [1.807, 2.05) is 45.0 Å². The molecule has 0 spiro atoms. The Morgan fingerprint density at radius 3 is 2.88 bits per heavy atom. The Bertz CT molecular complexity index is 785. The fraction of sp³-hybridized carbons (Fsp3) is 0.500. The van der Waals surface area contributed by atoms with Gasteiger partial charge in [-0.15, -0.1) is 0 Å². The lowest BCUT2D eigenvalue weighted by molar-refractivity contribution is -0.00716. The fourth-order valence-electron chi connectivity index (χ4n) is 3.46. The van der Waals surface area contributed by atoms with Crippen LogP contribution in [0.15, 0.2) is 24.3 Å². The van der Waals surface area contributed by atoms with Gasteiger partial charge in [0.25, 0.3) is 5.91 Å². The highest BCUT2D eigenvalue weighted by Crippen LogP contribution is 2.31. The summed E-state index contributed by atoms with van der Waals surface area (Å²) < 4.78 is 12.8. The minimum Gasteiger partial charge on any atom is -0.383 e. The van der Waals surface area contributed by atoms with Crippen LogP contribution < -0.4 is 5.32 Å². The molecule has 1 N–H and O–H groups in total. The van der Waals surface area contributed by atoms with E-state index in [0.717, 1.165) is 16.8 Å². The van der Waals surface area contributed by atoms with Crippen molar-refractivity contribution in [2.45, 2.75) is 52.5 Å². The Balaban J connectivity index is 1.87. The van der Waals surface area contributed by atoms with E-state index in [9.17, 15) is 4.79 Å². The number of amides is 1. The first kappa shape index (κ1) is 18.6. The molecule has 0 saturated carbocycles. The smallest absolute Gasteiger partial charge is 0.270 e. The molecule has 2 atom stereocenters. The van der Waals surface area contributed by atoms with Gasteiger partial charge in [-0.25, -0.2) is 0 Å². The molecule has 1 aliphatic rings. The zero-order valence-electron chi connectivity index (χ0n) is 15.9. The molecule has 26 heavy (non-hydrogen) atoms. The topological polar surface area (TPSA) is 65.4 Å². The zero-order chi connectivity index (χ0) is 18.7. The van der Waals surface area contributed by atoms with Crippen molar-refractivity contribution in [2.75, 3.05) is 13.7 Å². The number of nitrogens with zero attached hydrogens (tertiary/aromatic N) is 2. The number of hydrogen-bond donors (Lipinski definition) is 1. The normalized spacial score (nSPS) is 19.2. The summed E-state index contributed by atoms with van der Waals surface area (Å²) in [4.78, 5) is 13.0. The maximum atomic E-state index is 13.0. The summed E-state index contributed by atoms with van der Waals surface area (Å²) in [5.74, 6) is -0.0978. The summed E-state index contributed by atoms with van der Waals surface area (Å²) in [6, 6.07) is 8.07. The van der Waals surface area contributed by atoms with Gasteiger partial charge in [0.1, 0.15) is 5.69 Å². The first-order valence-corrected chi connectivity index (χ1v) is 9.08. The van der Waals surface area contributed by atoms with Crippen LogP contribution >= 0.6 is 0 Å².